The Morgan fingerprint density at radius 1 is 0.972 bits per heavy atom. The molecule has 36 heavy (non-hydrogen) atoms. The number of nitrogens with one attached hydrogen (secondary N) is 1. The normalized spacial score (nSPS) is 13.1. The maximum Gasteiger partial charge on any atom is 0.425 e. The first-order valence-electron chi connectivity index (χ1n) is 12.2. The summed E-state index contributed by atoms with van der Waals surface area (Å²) in [5.41, 5.74) is 4.57. The molecular weight excluding hydrogens is 460 g/mol. The Hall–Kier alpha value is -3.39. The Kier molecular flexibility index (Phi) is 10.5. The van der Waals surface area contributed by atoms with Gasteiger partial charge >= 0.3 is 18.0 Å². The zero-order chi connectivity index (χ0) is 26.9. The van der Waals surface area contributed by atoms with Gasteiger partial charge in [0.25, 0.3) is 0 Å². The van der Waals surface area contributed by atoms with Crippen LogP contribution in [-0.2, 0) is 31.9 Å². The summed E-state index contributed by atoms with van der Waals surface area (Å²) in [6, 6.07) is 14.5. The van der Waals surface area contributed by atoms with E-state index < -0.39 is 35.7 Å². The van der Waals surface area contributed by atoms with Gasteiger partial charge < -0.3 is 14.6 Å². The minimum atomic E-state index is -1.20. The number of nitrogens with zero attached hydrogens (tertiary/aromatic N) is 1. The molecule has 0 aliphatic heterocycles. The lowest BCUT2D eigenvalue weighted by atomic mass is 9.98. The second-order valence-electron chi connectivity index (χ2n) is 9.93. The molecule has 2 aromatic carbocycles. The van der Waals surface area contributed by atoms with Crippen molar-refractivity contribution in [3.63, 3.8) is 0 Å². The van der Waals surface area contributed by atoms with Crippen molar-refractivity contribution in [2.45, 2.75) is 78.0 Å². The largest absolute Gasteiger partial charge is 0.480 e. The number of esters is 1. The molecule has 2 atom stereocenters. The van der Waals surface area contributed by atoms with E-state index in [2.05, 4.69) is 19.3 Å². The molecule has 0 aliphatic rings. The van der Waals surface area contributed by atoms with Crippen LogP contribution in [0.2, 0.25) is 0 Å². The molecule has 0 radical (unpaired) electrons. The summed E-state index contributed by atoms with van der Waals surface area (Å²) in [7, 11) is 0. The van der Waals surface area contributed by atoms with E-state index in [0.29, 0.717) is 0 Å². The molecular formula is C28H38N2O6. The molecule has 2 aromatic rings. The summed E-state index contributed by atoms with van der Waals surface area (Å²) in [5, 5.41) is 11.0. The quantitative estimate of drug-likeness (QED) is 0.341. The molecule has 1 amide bonds. The number of carbonyl (C=O) groups excluding carboxylic acids is 2. The summed E-state index contributed by atoms with van der Waals surface area (Å²) >= 11 is 0. The zero-order valence-corrected chi connectivity index (χ0v) is 22.0. The first-order valence-corrected chi connectivity index (χ1v) is 12.2. The molecule has 2 N–H and O–H groups in total. The molecule has 0 saturated carbocycles. The molecule has 0 fully saturated rings. The third-order valence-corrected chi connectivity index (χ3v) is 5.38. The number of carbonyl (C=O) groups is 3. The van der Waals surface area contributed by atoms with Gasteiger partial charge in [-0.05, 0) is 50.3 Å². The van der Waals surface area contributed by atoms with Gasteiger partial charge in [0.05, 0.1) is 6.61 Å². The molecule has 0 aromatic heterocycles. The molecule has 0 heterocycles. The highest BCUT2D eigenvalue weighted by Crippen LogP contribution is 2.19. The van der Waals surface area contributed by atoms with Gasteiger partial charge in [-0.25, -0.2) is 20.0 Å². The zero-order valence-electron chi connectivity index (χ0n) is 22.0. The number of carboxylic acids is 1. The Balaban J connectivity index is 2.44. The van der Waals surface area contributed by atoms with E-state index in [1.807, 2.05) is 54.6 Å². The van der Waals surface area contributed by atoms with Gasteiger partial charge in [0, 0.05) is 12.8 Å². The average Bonchev–Trinajstić information content (AvgIpc) is 2.80. The first kappa shape index (κ1) is 28.8. The highest BCUT2D eigenvalue weighted by molar-refractivity contribution is 5.82. The van der Waals surface area contributed by atoms with Crippen molar-refractivity contribution in [3.05, 3.63) is 71.3 Å². The lowest BCUT2D eigenvalue weighted by molar-refractivity contribution is -0.153. The topological polar surface area (TPSA) is 105 Å². The van der Waals surface area contributed by atoms with Gasteiger partial charge in [-0.1, -0.05) is 68.4 Å². The number of hydrogen-bond donors (Lipinski definition) is 2. The molecule has 8 heteroatoms. The van der Waals surface area contributed by atoms with Crippen LogP contribution in [0.5, 0.6) is 0 Å². The van der Waals surface area contributed by atoms with E-state index >= 15 is 0 Å². The van der Waals surface area contributed by atoms with Crippen molar-refractivity contribution in [1.29, 1.82) is 0 Å². The Morgan fingerprint density at radius 3 is 2.17 bits per heavy atom. The van der Waals surface area contributed by atoms with Crippen LogP contribution in [0.4, 0.5) is 4.79 Å². The van der Waals surface area contributed by atoms with Crippen LogP contribution in [0.15, 0.2) is 54.6 Å². The molecule has 8 nitrogen and oxygen atoms in total. The van der Waals surface area contributed by atoms with Gasteiger partial charge in [-0.15, -0.1) is 0 Å². The summed E-state index contributed by atoms with van der Waals surface area (Å²) in [4.78, 5) is 38.6. The third kappa shape index (κ3) is 9.00. The van der Waals surface area contributed by atoms with Crippen LogP contribution >= 0.6 is 0 Å². The van der Waals surface area contributed by atoms with E-state index in [9.17, 15) is 19.5 Å². The van der Waals surface area contributed by atoms with Crippen molar-refractivity contribution in [1.82, 2.24) is 10.4 Å². The number of benzene rings is 2. The van der Waals surface area contributed by atoms with Gasteiger partial charge in [0.1, 0.15) is 11.6 Å². The average molecular weight is 499 g/mol. The van der Waals surface area contributed by atoms with Crippen LogP contribution in [0.1, 0.15) is 64.2 Å². The number of aliphatic carboxylic acids is 1. The van der Waals surface area contributed by atoms with Crippen molar-refractivity contribution in [2.24, 2.45) is 0 Å². The number of hydrogen-bond acceptors (Lipinski definition) is 6. The number of ether oxygens (including phenoxy) is 2. The van der Waals surface area contributed by atoms with E-state index in [-0.39, 0.29) is 25.4 Å². The third-order valence-electron chi connectivity index (χ3n) is 5.38. The highest BCUT2D eigenvalue weighted by Gasteiger charge is 2.37. The fourth-order valence-corrected chi connectivity index (χ4v) is 3.61. The van der Waals surface area contributed by atoms with E-state index in [1.54, 1.807) is 27.7 Å². The molecule has 0 spiro atoms. The SMILES string of the molecule is CCOC(=O)[C@H](Cc1ccccc1)N(N[C@@H](Cc1cccc(C(C)C)c1)C(=O)O)C(=O)OC(C)(C)C. The van der Waals surface area contributed by atoms with Crippen LogP contribution in [0.3, 0.4) is 0 Å². The summed E-state index contributed by atoms with van der Waals surface area (Å²) in [5.74, 6) is -1.55. The van der Waals surface area contributed by atoms with E-state index in [1.165, 1.54) is 0 Å². The number of hydrazine groups is 1. The molecule has 0 bridgehead atoms. The number of rotatable bonds is 11. The smallest absolute Gasteiger partial charge is 0.425 e. The lowest BCUT2D eigenvalue weighted by Gasteiger charge is -2.34. The highest BCUT2D eigenvalue weighted by atomic mass is 16.6. The summed E-state index contributed by atoms with van der Waals surface area (Å²) in [6.07, 6.45) is -0.657. The fourth-order valence-electron chi connectivity index (χ4n) is 3.61. The molecule has 0 unspecified atom stereocenters. The monoisotopic (exact) mass is 498 g/mol. The predicted octanol–water partition coefficient (Wildman–Crippen LogP) is 4.72. The standard InChI is InChI=1S/C28H38N2O6/c1-7-35-26(33)24(18-20-12-9-8-10-13-20)30(27(34)36-28(4,5)6)29-23(25(31)32)17-21-14-11-15-22(16-21)19(2)3/h8-16,19,23-24,29H,7,17-18H2,1-6H3,(H,31,32)/t23-,24-/m0/s1. The van der Waals surface area contributed by atoms with E-state index in [0.717, 1.165) is 21.7 Å². The fraction of sp³-hybridized carbons (Fsp3) is 0.464. The minimum absolute atomic E-state index is 0.0933. The van der Waals surface area contributed by atoms with Gasteiger partial charge in [-0.2, -0.15) is 0 Å². The Bertz CT molecular complexity index is 1020. The maximum absolute atomic E-state index is 13.3. The second-order valence-corrected chi connectivity index (χ2v) is 9.93. The van der Waals surface area contributed by atoms with Crippen LogP contribution in [0.25, 0.3) is 0 Å². The number of amides is 1. The minimum Gasteiger partial charge on any atom is -0.480 e. The van der Waals surface area contributed by atoms with Crippen LogP contribution < -0.4 is 5.43 Å². The summed E-state index contributed by atoms with van der Waals surface area (Å²) in [6.45, 7) is 11.0. The van der Waals surface area contributed by atoms with Crippen LogP contribution in [-0.4, -0.2) is 52.4 Å². The van der Waals surface area contributed by atoms with Gasteiger partial charge in [0.2, 0.25) is 0 Å². The maximum atomic E-state index is 13.3. The predicted molar refractivity (Wildman–Crippen MR) is 137 cm³/mol. The number of carboxylic acid groups (broad SMARTS) is 1. The van der Waals surface area contributed by atoms with Crippen LogP contribution in [0, 0.1) is 0 Å². The first-order chi connectivity index (χ1) is 16.9. The molecule has 196 valence electrons. The summed E-state index contributed by atoms with van der Waals surface area (Å²) < 4.78 is 10.8. The molecule has 0 aliphatic carbocycles. The molecule has 0 saturated heterocycles. The molecule has 2 rings (SSSR count). The van der Waals surface area contributed by atoms with Crippen molar-refractivity contribution < 1.29 is 29.0 Å². The van der Waals surface area contributed by atoms with Crippen molar-refractivity contribution in [2.75, 3.05) is 6.61 Å². The lowest BCUT2D eigenvalue weighted by Crippen LogP contribution is -2.60. The van der Waals surface area contributed by atoms with Gasteiger partial charge in [0.15, 0.2) is 6.04 Å². The Labute approximate surface area is 213 Å². The van der Waals surface area contributed by atoms with Gasteiger partial charge in [-0.3, -0.25) is 4.79 Å². The van der Waals surface area contributed by atoms with Crippen molar-refractivity contribution >= 4 is 18.0 Å². The Morgan fingerprint density at radius 2 is 1.61 bits per heavy atom. The van der Waals surface area contributed by atoms with E-state index in [4.69, 9.17) is 9.47 Å². The second kappa shape index (κ2) is 13.1. The van der Waals surface area contributed by atoms with Crippen molar-refractivity contribution in [3.8, 4) is 0 Å².